The third-order valence-electron chi connectivity index (χ3n) is 3.24. The summed E-state index contributed by atoms with van der Waals surface area (Å²) in [7, 11) is 0. The van der Waals surface area contributed by atoms with E-state index in [0.717, 1.165) is 39.0 Å². The first-order chi connectivity index (χ1) is 7.05. The first-order valence-corrected chi connectivity index (χ1v) is 6.04. The Morgan fingerprint density at radius 1 is 1.33 bits per heavy atom. The average molecular weight is 212 g/mol. The summed E-state index contributed by atoms with van der Waals surface area (Å²) < 4.78 is 0. The number of hydrogen-bond acceptors (Lipinski definition) is 2. The van der Waals surface area contributed by atoms with E-state index in [1.807, 2.05) is 4.90 Å². The highest BCUT2D eigenvalue weighted by atomic mass is 16.2. The molecule has 0 spiro atoms. The molecule has 1 aliphatic heterocycles. The minimum absolute atomic E-state index is 0.312. The van der Waals surface area contributed by atoms with Crippen molar-refractivity contribution >= 4 is 5.91 Å². The summed E-state index contributed by atoms with van der Waals surface area (Å²) in [4.78, 5) is 13.8. The molecule has 88 valence electrons. The van der Waals surface area contributed by atoms with E-state index in [4.69, 9.17) is 0 Å². The Morgan fingerprint density at radius 3 is 2.47 bits per heavy atom. The predicted octanol–water partition coefficient (Wildman–Crippen LogP) is 1.63. The Labute approximate surface area is 93.2 Å². The highest BCUT2D eigenvalue weighted by molar-refractivity contribution is 5.76. The van der Waals surface area contributed by atoms with Gasteiger partial charge >= 0.3 is 0 Å². The molecule has 0 atom stereocenters. The van der Waals surface area contributed by atoms with Crippen molar-refractivity contribution in [1.82, 2.24) is 10.2 Å². The van der Waals surface area contributed by atoms with Crippen LogP contribution in [0.3, 0.4) is 0 Å². The zero-order chi connectivity index (χ0) is 11.3. The summed E-state index contributed by atoms with van der Waals surface area (Å²) in [6.45, 7) is 10.3. The van der Waals surface area contributed by atoms with Crippen molar-refractivity contribution in [3.05, 3.63) is 0 Å². The van der Waals surface area contributed by atoms with E-state index in [1.54, 1.807) is 0 Å². The van der Waals surface area contributed by atoms with Crippen molar-refractivity contribution in [3.8, 4) is 0 Å². The number of rotatable bonds is 4. The van der Waals surface area contributed by atoms with Gasteiger partial charge in [0.25, 0.3) is 0 Å². The fourth-order valence-electron chi connectivity index (χ4n) is 1.89. The number of amides is 1. The van der Waals surface area contributed by atoms with Crippen molar-refractivity contribution < 1.29 is 4.79 Å². The number of hydrogen-bond donors (Lipinski definition) is 1. The highest BCUT2D eigenvalue weighted by Gasteiger charge is 2.27. The molecule has 3 nitrogen and oxygen atoms in total. The Morgan fingerprint density at radius 2 is 1.93 bits per heavy atom. The topological polar surface area (TPSA) is 32.3 Å². The molecule has 15 heavy (non-hydrogen) atoms. The van der Waals surface area contributed by atoms with Gasteiger partial charge in [-0.2, -0.15) is 0 Å². The van der Waals surface area contributed by atoms with Gasteiger partial charge in [-0.1, -0.05) is 20.8 Å². The number of carbonyl (C=O) groups is 1. The van der Waals surface area contributed by atoms with Crippen LogP contribution >= 0.6 is 0 Å². The van der Waals surface area contributed by atoms with Crippen LogP contribution in [0.15, 0.2) is 0 Å². The average Bonchev–Trinajstić information content (AvgIpc) is 2.18. The smallest absolute Gasteiger partial charge is 0.223 e. The second-order valence-corrected chi connectivity index (χ2v) is 5.15. The Kier molecular flexibility index (Phi) is 4.58. The van der Waals surface area contributed by atoms with E-state index < -0.39 is 0 Å². The minimum Gasteiger partial charge on any atom is -0.343 e. The summed E-state index contributed by atoms with van der Waals surface area (Å²) in [5.41, 5.74) is 0.429. The molecule has 0 bridgehead atoms. The van der Waals surface area contributed by atoms with Gasteiger partial charge in [-0.05, 0) is 24.8 Å². The molecular formula is C12H24N2O. The molecule has 1 rings (SSSR count). The summed E-state index contributed by atoms with van der Waals surface area (Å²) in [5, 5.41) is 3.19. The lowest BCUT2D eigenvalue weighted by molar-refractivity contribution is -0.133. The molecule has 3 heteroatoms. The Bertz CT molecular complexity index is 204. The van der Waals surface area contributed by atoms with Crippen molar-refractivity contribution in [1.29, 1.82) is 0 Å². The van der Waals surface area contributed by atoms with Crippen LogP contribution in [0.1, 0.15) is 40.0 Å². The number of nitrogens with zero attached hydrogens (tertiary/aromatic N) is 1. The van der Waals surface area contributed by atoms with Crippen LogP contribution in [0, 0.1) is 5.41 Å². The van der Waals surface area contributed by atoms with E-state index in [1.165, 1.54) is 0 Å². The monoisotopic (exact) mass is 212 g/mol. The van der Waals surface area contributed by atoms with E-state index in [-0.39, 0.29) is 0 Å². The third kappa shape index (κ3) is 4.20. The first-order valence-electron chi connectivity index (χ1n) is 6.04. The second kappa shape index (κ2) is 5.50. The van der Waals surface area contributed by atoms with Crippen LogP contribution in [0.25, 0.3) is 0 Å². The van der Waals surface area contributed by atoms with Gasteiger partial charge in [-0.3, -0.25) is 4.79 Å². The summed E-state index contributed by atoms with van der Waals surface area (Å²) in [6.07, 6.45) is 2.92. The highest BCUT2D eigenvalue weighted by Crippen LogP contribution is 2.29. The standard InChI is InChI=1S/C12H24N2O/c1-4-13-8-5-11(15)14-9-6-12(2,3)7-10-14/h13H,4-10H2,1-3H3. The molecule has 1 N–H and O–H groups in total. The van der Waals surface area contributed by atoms with Gasteiger partial charge in [-0.25, -0.2) is 0 Å². The van der Waals surface area contributed by atoms with Crippen LogP contribution in [0.5, 0.6) is 0 Å². The van der Waals surface area contributed by atoms with Crippen molar-refractivity contribution in [2.45, 2.75) is 40.0 Å². The maximum atomic E-state index is 11.8. The van der Waals surface area contributed by atoms with Crippen LogP contribution in [-0.2, 0) is 4.79 Å². The molecule has 1 aliphatic rings. The van der Waals surface area contributed by atoms with Gasteiger partial charge in [0.05, 0.1) is 0 Å². The van der Waals surface area contributed by atoms with Crippen molar-refractivity contribution in [2.24, 2.45) is 5.41 Å². The SMILES string of the molecule is CCNCCC(=O)N1CCC(C)(C)CC1. The van der Waals surface area contributed by atoms with Crippen LogP contribution in [-0.4, -0.2) is 37.0 Å². The van der Waals surface area contributed by atoms with Crippen LogP contribution in [0.2, 0.25) is 0 Å². The first kappa shape index (κ1) is 12.5. The third-order valence-corrected chi connectivity index (χ3v) is 3.24. The van der Waals surface area contributed by atoms with Crippen molar-refractivity contribution in [3.63, 3.8) is 0 Å². The van der Waals surface area contributed by atoms with Crippen LogP contribution in [0.4, 0.5) is 0 Å². The summed E-state index contributed by atoms with van der Waals surface area (Å²) in [5.74, 6) is 0.312. The normalized spacial score (nSPS) is 20.3. The molecule has 1 fully saturated rings. The lowest BCUT2D eigenvalue weighted by Gasteiger charge is -2.37. The molecule has 0 aliphatic carbocycles. The Hall–Kier alpha value is -0.570. The van der Waals surface area contributed by atoms with Crippen molar-refractivity contribution in [2.75, 3.05) is 26.2 Å². The van der Waals surface area contributed by atoms with E-state index >= 15 is 0 Å². The van der Waals surface area contributed by atoms with E-state index in [9.17, 15) is 4.79 Å². The zero-order valence-electron chi connectivity index (χ0n) is 10.3. The quantitative estimate of drug-likeness (QED) is 0.718. The number of likely N-dealkylation sites (tertiary alicyclic amines) is 1. The fourth-order valence-corrected chi connectivity index (χ4v) is 1.89. The lowest BCUT2D eigenvalue weighted by Crippen LogP contribution is -2.41. The number of nitrogens with one attached hydrogen (secondary N) is 1. The molecule has 1 heterocycles. The maximum Gasteiger partial charge on any atom is 0.223 e. The summed E-state index contributed by atoms with van der Waals surface area (Å²) in [6, 6.07) is 0. The molecule has 0 aromatic carbocycles. The minimum atomic E-state index is 0.312. The predicted molar refractivity (Wildman–Crippen MR) is 62.8 cm³/mol. The fraction of sp³-hybridized carbons (Fsp3) is 0.917. The van der Waals surface area contributed by atoms with Gasteiger partial charge in [0, 0.05) is 26.1 Å². The largest absolute Gasteiger partial charge is 0.343 e. The van der Waals surface area contributed by atoms with Gasteiger partial charge in [0.15, 0.2) is 0 Å². The van der Waals surface area contributed by atoms with Gasteiger partial charge in [0.1, 0.15) is 0 Å². The molecule has 0 saturated carbocycles. The Balaban J connectivity index is 2.24. The second-order valence-electron chi connectivity index (χ2n) is 5.15. The lowest BCUT2D eigenvalue weighted by atomic mass is 9.82. The molecule has 0 radical (unpaired) electrons. The molecule has 0 unspecified atom stereocenters. The maximum absolute atomic E-state index is 11.8. The molecular weight excluding hydrogens is 188 g/mol. The summed E-state index contributed by atoms with van der Waals surface area (Å²) >= 11 is 0. The van der Waals surface area contributed by atoms with Gasteiger partial charge in [0.2, 0.25) is 5.91 Å². The molecule has 0 aromatic rings. The van der Waals surface area contributed by atoms with Crippen LogP contribution < -0.4 is 5.32 Å². The molecule has 1 amide bonds. The molecule has 0 aromatic heterocycles. The van der Waals surface area contributed by atoms with E-state index in [2.05, 4.69) is 26.1 Å². The van der Waals surface area contributed by atoms with E-state index in [0.29, 0.717) is 17.7 Å². The number of piperidine rings is 1. The number of carbonyl (C=O) groups excluding carboxylic acids is 1. The molecule has 1 saturated heterocycles. The van der Waals surface area contributed by atoms with Gasteiger partial charge < -0.3 is 10.2 Å². The zero-order valence-corrected chi connectivity index (χ0v) is 10.3. The van der Waals surface area contributed by atoms with Gasteiger partial charge in [-0.15, -0.1) is 0 Å².